The number of nitriles is 1. The van der Waals surface area contributed by atoms with Crippen LogP contribution in [0.1, 0.15) is 28.8 Å². The Morgan fingerprint density at radius 2 is 2.22 bits per heavy atom. The number of aryl methyl sites for hydroxylation is 1. The summed E-state index contributed by atoms with van der Waals surface area (Å²) >= 11 is 0. The van der Waals surface area contributed by atoms with Gasteiger partial charge in [-0.15, -0.1) is 0 Å². The molecule has 1 amide bonds. The second-order valence-electron chi connectivity index (χ2n) is 4.34. The summed E-state index contributed by atoms with van der Waals surface area (Å²) in [5, 5.41) is 8.89. The molecule has 18 heavy (non-hydrogen) atoms. The fraction of sp³-hybridized carbons (Fsp3) is 0.385. The Bertz CT molecular complexity index is 537. The van der Waals surface area contributed by atoms with Crippen molar-refractivity contribution in [1.82, 2.24) is 4.90 Å². The van der Waals surface area contributed by atoms with Gasteiger partial charge in [-0.05, 0) is 31.4 Å². The number of carbonyl (C=O) groups is 1. The molecule has 1 aromatic carbocycles. The highest BCUT2D eigenvalue weighted by Crippen LogP contribution is 2.23. The Balaban J connectivity index is 2.41. The molecule has 1 unspecified atom stereocenters. The first-order valence-corrected chi connectivity index (χ1v) is 5.71. The van der Waals surface area contributed by atoms with Crippen LogP contribution in [0.5, 0.6) is 0 Å². The van der Waals surface area contributed by atoms with Gasteiger partial charge in [0.15, 0.2) is 0 Å². The van der Waals surface area contributed by atoms with E-state index in [1.807, 2.05) is 6.07 Å². The van der Waals surface area contributed by atoms with Crippen molar-refractivity contribution in [2.75, 3.05) is 6.54 Å². The van der Waals surface area contributed by atoms with Crippen molar-refractivity contribution < 1.29 is 13.6 Å². The number of halogens is 2. The van der Waals surface area contributed by atoms with Crippen molar-refractivity contribution in [3.05, 3.63) is 34.9 Å². The predicted octanol–water partition coefficient (Wildman–Crippen LogP) is 2.40. The van der Waals surface area contributed by atoms with Gasteiger partial charge in [-0.25, -0.2) is 8.78 Å². The maximum Gasteiger partial charge on any atom is 0.260 e. The molecule has 5 heteroatoms. The van der Waals surface area contributed by atoms with Crippen LogP contribution in [-0.4, -0.2) is 23.4 Å². The molecule has 1 heterocycles. The molecule has 0 radical (unpaired) electrons. The van der Waals surface area contributed by atoms with E-state index in [1.165, 1.54) is 17.9 Å². The van der Waals surface area contributed by atoms with Crippen molar-refractivity contribution in [3.63, 3.8) is 0 Å². The van der Waals surface area contributed by atoms with E-state index >= 15 is 0 Å². The van der Waals surface area contributed by atoms with E-state index in [0.717, 1.165) is 6.07 Å². The average molecular weight is 250 g/mol. The van der Waals surface area contributed by atoms with Crippen LogP contribution in [0.2, 0.25) is 0 Å². The maximum absolute atomic E-state index is 13.8. The molecule has 1 aromatic rings. The molecule has 0 spiro atoms. The van der Waals surface area contributed by atoms with Gasteiger partial charge in [0.25, 0.3) is 5.91 Å². The van der Waals surface area contributed by atoms with Gasteiger partial charge in [-0.1, -0.05) is 6.07 Å². The molecule has 94 valence electrons. The molecule has 0 aromatic heterocycles. The highest BCUT2D eigenvalue weighted by Gasteiger charge is 2.32. The lowest BCUT2D eigenvalue weighted by Gasteiger charge is -2.20. The number of nitrogens with zero attached hydrogens (tertiary/aromatic N) is 2. The molecule has 1 aliphatic rings. The van der Waals surface area contributed by atoms with E-state index < -0.39 is 29.1 Å². The second-order valence-corrected chi connectivity index (χ2v) is 4.34. The van der Waals surface area contributed by atoms with Crippen molar-refractivity contribution in [3.8, 4) is 6.07 Å². The quantitative estimate of drug-likeness (QED) is 0.768. The summed E-state index contributed by atoms with van der Waals surface area (Å²) in [4.78, 5) is 13.3. The van der Waals surface area contributed by atoms with Crippen molar-refractivity contribution in [1.29, 1.82) is 5.26 Å². The van der Waals surface area contributed by atoms with Gasteiger partial charge in [0.2, 0.25) is 0 Å². The Hall–Kier alpha value is -1.96. The monoisotopic (exact) mass is 250 g/mol. The van der Waals surface area contributed by atoms with E-state index in [2.05, 4.69) is 0 Å². The molecule has 2 rings (SSSR count). The summed E-state index contributed by atoms with van der Waals surface area (Å²) < 4.78 is 27.4. The lowest BCUT2D eigenvalue weighted by Crippen LogP contribution is -2.35. The van der Waals surface area contributed by atoms with E-state index in [1.54, 1.807) is 0 Å². The normalized spacial score (nSPS) is 18.8. The molecule has 0 saturated carbocycles. The minimum absolute atomic E-state index is 0.215. The molecule has 1 fully saturated rings. The second kappa shape index (κ2) is 4.73. The highest BCUT2D eigenvalue weighted by molar-refractivity contribution is 5.95. The van der Waals surface area contributed by atoms with Gasteiger partial charge in [0.05, 0.1) is 6.07 Å². The molecule has 0 bridgehead atoms. The van der Waals surface area contributed by atoms with Crippen LogP contribution in [0.25, 0.3) is 0 Å². The van der Waals surface area contributed by atoms with Gasteiger partial charge < -0.3 is 4.90 Å². The number of hydrogen-bond acceptors (Lipinski definition) is 2. The summed E-state index contributed by atoms with van der Waals surface area (Å²) in [6.45, 7) is 1.83. The van der Waals surface area contributed by atoms with Crippen LogP contribution in [0.4, 0.5) is 8.78 Å². The lowest BCUT2D eigenvalue weighted by atomic mass is 10.1. The van der Waals surface area contributed by atoms with Crippen LogP contribution in [-0.2, 0) is 0 Å². The summed E-state index contributed by atoms with van der Waals surface area (Å²) in [5.41, 5.74) is -0.343. The third-order valence-corrected chi connectivity index (χ3v) is 3.16. The number of rotatable bonds is 1. The highest BCUT2D eigenvalue weighted by atomic mass is 19.1. The zero-order valence-corrected chi connectivity index (χ0v) is 9.91. The fourth-order valence-electron chi connectivity index (χ4n) is 2.14. The van der Waals surface area contributed by atoms with Crippen LogP contribution < -0.4 is 0 Å². The molecule has 0 N–H and O–H groups in total. The summed E-state index contributed by atoms with van der Waals surface area (Å²) in [6.07, 6.45) is 1.23. The summed E-state index contributed by atoms with van der Waals surface area (Å²) in [7, 11) is 0. The summed E-state index contributed by atoms with van der Waals surface area (Å²) in [6, 6.07) is 3.75. The van der Waals surface area contributed by atoms with Crippen LogP contribution in [0, 0.1) is 29.9 Å². The number of hydrogen-bond donors (Lipinski definition) is 0. The smallest absolute Gasteiger partial charge is 0.260 e. The minimum Gasteiger partial charge on any atom is -0.322 e. The SMILES string of the molecule is Cc1ccc(F)c(C(=O)N2CCCC2C#N)c1F. The standard InChI is InChI=1S/C13H12F2N2O/c1-8-4-5-10(14)11(12(8)15)13(18)17-6-2-3-9(17)7-16/h4-5,9H,2-3,6H2,1H3. The third kappa shape index (κ3) is 1.94. The maximum atomic E-state index is 13.8. The van der Waals surface area contributed by atoms with Gasteiger partial charge >= 0.3 is 0 Å². The van der Waals surface area contributed by atoms with Crippen LogP contribution in [0.3, 0.4) is 0 Å². The van der Waals surface area contributed by atoms with Gasteiger partial charge in [0, 0.05) is 6.54 Å². The Morgan fingerprint density at radius 1 is 1.50 bits per heavy atom. The zero-order chi connectivity index (χ0) is 13.3. The Labute approximate surface area is 104 Å². The molecule has 1 aliphatic heterocycles. The molecule has 0 aliphatic carbocycles. The lowest BCUT2D eigenvalue weighted by molar-refractivity contribution is 0.0755. The van der Waals surface area contributed by atoms with Crippen LogP contribution in [0.15, 0.2) is 12.1 Å². The van der Waals surface area contributed by atoms with Crippen LogP contribution >= 0.6 is 0 Å². The van der Waals surface area contributed by atoms with Gasteiger partial charge in [-0.2, -0.15) is 5.26 Å². The first kappa shape index (κ1) is 12.5. The predicted molar refractivity (Wildman–Crippen MR) is 60.8 cm³/mol. The van der Waals surface area contributed by atoms with E-state index in [9.17, 15) is 13.6 Å². The largest absolute Gasteiger partial charge is 0.322 e. The number of benzene rings is 1. The fourth-order valence-corrected chi connectivity index (χ4v) is 2.14. The third-order valence-electron chi connectivity index (χ3n) is 3.16. The Morgan fingerprint density at radius 3 is 2.89 bits per heavy atom. The molecule has 1 atom stereocenters. The number of carbonyl (C=O) groups excluding carboxylic acids is 1. The van der Waals surface area contributed by atoms with E-state index in [4.69, 9.17) is 5.26 Å². The average Bonchev–Trinajstić information content (AvgIpc) is 2.82. The van der Waals surface area contributed by atoms with Crippen molar-refractivity contribution >= 4 is 5.91 Å². The van der Waals surface area contributed by atoms with E-state index in [-0.39, 0.29) is 5.56 Å². The topological polar surface area (TPSA) is 44.1 Å². The number of amides is 1. The van der Waals surface area contributed by atoms with Crippen molar-refractivity contribution in [2.45, 2.75) is 25.8 Å². The van der Waals surface area contributed by atoms with Crippen molar-refractivity contribution in [2.24, 2.45) is 0 Å². The Kier molecular flexibility index (Phi) is 3.28. The first-order valence-electron chi connectivity index (χ1n) is 5.71. The zero-order valence-electron chi connectivity index (χ0n) is 9.91. The summed E-state index contributed by atoms with van der Waals surface area (Å²) in [5.74, 6) is -2.46. The number of likely N-dealkylation sites (tertiary alicyclic amines) is 1. The van der Waals surface area contributed by atoms with Gasteiger partial charge in [0.1, 0.15) is 23.2 Å². The molecular formula is C13H12F2N2O. The minimum atomic E-state index is -0.883. The van der Waals surface area contributed by atoms with Gasteiger partial charge in [-0.3, -0.25) is 4.79 Å². The molecule has 3 nitrogen and oxygen atoms in total. The first-order chi connectivity index (χ1) is 8.56. The van der Waals surface area contributed by atoms with E-state index in [0.29, 0.717) is 19.4 Å². The molecule has 1 saturated heterocycles. The molecular weight excluding hydrogens is 238 g/mol.